The van der Waals surface area contributed by atoms with Crippen LogP contribution in [0.3, 0.4) is 0 Å². The number of rotatable bonds is 21. The van der Waals surface area contributed by atoms with Crippen molar-refractivity contribution in [2.45, 2.75) is 122 Å². The third-order valence-electron chi connectivity index (χ3n) is 9.08. The van der Waals surface area contributed by atoms with Crippen molar-refractivity contribution < 1.29 is 24.7 Å². The molecule has 0 saturated carbocycles. The first-order valence-corrected chi connectivity index (χ1v) is 44.2. The maximum atomic E-state index is 7.78. The zero-order valence-electron chi connectivity index (χ0n) is 35.1. The van der Waals surface area contributed by atoms with Crippen molar-refractivity contribution >= 4 is 92.6 Å². The molecule has 3 aromatic carbocycles. The van der Waals surface area contributed by atoms with Gasteiger partial charge < -0.3 is 24.7 Å². The molecular weight excluding hydrogens is 793 g/mol. The second-order valence-corrected chi connectivity index (χ2v) is 50.9. The first-order valence-electron chi connectivity index (χ1n) is 19.2. The minimum atomic E-state index is -3.15. The van der Waals surface area contributed by atoms with Gasteiger partial charge in [0, 0.05) is 0 Å². The Morgan fingerprint density at radius 3 is 1.04 bits per heavy atom. The first-order chi connectivity index (χ1) is 23.9. The van der Waals surface area contributed by atoms with Crippen molar-refractivity contribution in [2.75, 3.05) is 0 Å². The molecule has 6 nitrogen and oxygen atoms in total. The highest BCUT2D eigenvalue weighted by Crippen LogP contribution is 2.32. The summed E-state index contributed by atoms with van der Waals surface area (Å²) in [5, 5.41) is 3.60. The van der Waals surface area contributed by atoms with Crippen LogP contribution in [0.25, 0.3) is 0 Å². The second-order valence-electron chi connectivity index (χ2n) is 17.8. The summed E-state index contributed by atoms with van der Waals surface area (Å²) in [4.78, 5) is 0. The van der Waals surface area contributed by atoms with E-state index in [0.29, 0.717) is 0 Å². The fraction of sp³-hybridized carbons (Fsp3) is 0.514. The van der Waals surface area contributed by atoms with Crippen LogP contribution in [0.2, 0.25) is 122 Å². The molecule has 3 aromatic rings. The molecule has 0 fully saturated rings. The summed E-state index contributed by atoms with van der Waals surface area (Å²) in [6, 6.07) is 36.5. The number of benzene rings is 3. The monoisotopic (exact) mass is 862 g/mol. The van der Waals surface area contributed by atoms with Gasteiger partial charge in [0.1, 0.15) is 0 Å². The van der Waals surface area contributed by atoms with Crippen LogP contribution in [-0.4, -0.2) is 77.0 Å². The van der Waals surface area contributed by atoms with E-state index in [2.05, 4.69) is 189 Å². The van der Waals surface area contributed by atoms with Gasteiger partial charge in [-0.05, 0) is 138 Å². The predicted molar refractivity (Wildman–Crippen MR) is 247 cm³/mol. The Hall–Kier alpha value is -0.628. The quantitative estimate of drug-likeness (QED) is 0.1000. The van der Waals surface area contributed by atoms with Crippen LogP contribution in [0, 0.1) is 0 Å². The molecule has 0 N–H and O–H groups in total. The minimum Gasteiger partial charge on any atom is -0.440 e. The highest BCUT2D eigenvalue weighted by Gasteiger charge is 2.51. The summed E-state index contributed by atoms with van der Waals surface area (Å²) in [5.74, 6) is 0. The van der Waals surface area contributed by atoms with Gasteiger partial charge in [-0.3, -0.25) is 0 Å². The van der Waals surface area contributed by atoms with Gasteiger partial charge in [-0.25, -0.2) is 0 Å². The summed E-state index contributed by atoms with van der Waals surface area (Å²) < 4.78 is 42.9. The van der Waals surface area contributed by atoms with Crippen LogP contribution in [-0.2, 0) is 24.7 Å². The summed E-state index contributed by atoms with van der Waals surface area (Å²) in [5.41, 5.74) is 0. The van der Waals surface area contributed by atoms with E-state index in [1.54, 1.807) is 0 Å². The van der Waals surface area contributed by atoms with E-state index < -0.39 is 77.0 Å². The molecule has 0 aromatic heterocycles. The van der Waals surface area contributed by atoms with Gasteiger partial charge in [-0.15, -0.1) is 0 Å². The normalized spacial score (nSPS) is 14.9. The lowest BCUT2D eigenvalue weighted by atomic mass is 10.4. The highest BCUT2D eigenvalue weighted by molar-refractivity contribution is 7.03. The molecule has 0 aliphatic carbocycles. The summed E-state index contributed by atoms with van der Waals surface area (Å²) in [7, 11) is -19.2. The highest BCUT2D eigenvalue weighted by atomic mass is 28.5. The fourth-order valence-corrected chi connectivity index (χ4v) is 49.3. The average Bonchev–Trinajstić information content (AvgIpc) is 3.02. The molecule has 0 bridgehead atoms. The molecule has 52 heavy (non-hydrogen) atoms. The Kier molecular flexibility index (Phi) is 16.3. The molecule has 290 valence electrons. The lowest BCUT2D eigenvalue weighted by Gasteiger charge is -2.44. The average molecular weight is 864 g/mol. The van der Waals surface area contributed by atoms with Crippen molar-refractivity contribution in [1.29, 1.82) is 0 Å². The van der Waals surface area contributed by atoms with Crippen LogP contribution in [0.4, 0.5) is 0 Å². The van der Waals surface area contributed by atoms with Crippen LogP contribution >= 0.6 is 0 Å². The Bertz CT molecular complexity index is 1470. The Morgan fingerprint density at radius 2 is 0.692 bits per heavy atom. The first kappa shape index (κ1) is 45.8. The minimum absolute atomic E-state index is 0.997. The van der Waals surface area contributed by atoms with Gasteiger partial charge in [0.05, 0.1) is 0 Å². The van der Waals surface area contributed by atoms with E-state index in [9.17, 15) is 0 Å². The lowest BCUT2D eigenvalue weighted by Crippen LogP contribution is -2.70. The van der Waals surface area contributed by atoms with E-state index in [0.717, 1.165) is 24.2 Å². The van der Waals surface area contributed by atoms with Gasteiger partial charge in [-0.2, -0.15) is 0 Å². The van der Waals surface area contributed by atoms with Crippen LogP contribution < -0.4 is 15.6 Å². The molecule has 0 heterocycles. The topological polar surface area (TPSA) is 55.4 Å². The lowest BCUT2D eigenvalue weighted by molar-refractivity contribution is 0.395. The molecule has 0 spiro atoms. The Morgan fingerprint density at radius 1 is 0.385 bits per heavy atom. The van der Waals surface area contributed by atoms with E-state index in [1.807, 2.05) is 0 Å². The zero-order chi connectivity index (χ0) is 39.1. The van der Waals surface area contributed by atoms with Crippen LogP contribution in [0.1, 0.15) is 0 Å². The molecule has 0 amide bonds. The van der Waals surface area contributed by atoms with Crippen molar-refractivity contribution in [1.82, 2.24) is 0 Å². The van der Waals surface area contributed by atoms with Crippen LogP contribution in [0.15, 0.2) is 91.0 Å². The number of hydrogen-bond donors (Lipinski definition) is 0. The zero-order valence-corrected chi connectivity index (χ0v) is 44.4. The van der Waals surface area contributed by atoms with Crippen molar-refractivity contribution in [3.8, 4) is 0 Å². The van der Waals surface area contributed by atoms with E-state index in [1.165, 1.54) is 15.6 Å². The third-order valence-corrected chi connectivity index (χ3v) is 42.0. The SMILES string of the molecule is C[SiH](C)O[Si](C)(C)O[Si](C)(C)CC[Si](C)(C)O[Si](O[Si](C)(C)CC[Si](C)(C)O[Si](C)(O[SiH](C)C)c1ccccc1)(c1ccccc1)c1ccccc1. The smallest absolute Gasteiger partial charge is 0.386 e. The molecular formula is C37H70O6Si9. The van der Waals surface area contributed by atoms with E-state index in [4.69, 9.17) is 24.7 Å². The second kappa shape index (κ2) is 18.5. The van der Waals surface area contributed by atoms with Gasteiger partial charge in [0.15, 0.2) is 51.4 Å². The van der Waals surface area contributed by atoms with Gasteiger partial charge >= 0.3 is 25.7 Å². The molecule has 0 aliphatic rings. The van der Waals surface area contributed by atoms with E-state index in [-0.39, 0.29) is 0 Å². The third kappa shape index (κ3) is 14.5. The van der Waals surface area contributed by atoms with Gasteiger partial charge in [-0.1, -0.05) is 91.0 Å². The van der Waals surface area contributed by atoms with Crippen molar-refractivity contribution in [3.63, 3.8) is 0 Å². The predicted octanol–water partition coefficient (Wildman–Crippen LogP) is 8.81. The Balaban J connectivity index is 1.94. The molecule has 15 heteroatoms. The van der Waals surface area contributed by atoms with Gasteiger partial charge in [0.2, 0.25) is 0 Å². The molecule has 0 aliphatic heterocycles. The maximum Gasteiger partial charge on any atom is 0.386 e. The van der Waals surface area contributed by atoms with E-state index >= 15 is 0 Å². The maximum absolute atomic E-state index is 7.78. The van der Waals surface area contributed by atoms with Crippen molar-refractivity contribution in [2.24, 2.45) is 0 Å². The molecule has 0 saturated heterocycles. The largest absolute Gasteiger partial charge is 0.440 e. The molecule has 3 rings (SSSR count). The molecule has 0 radical (unpaired) electrons. The standard InChI is InChI=1S/C37H70O6Si9/c1-44(2)38-50(13,14)40-46(5,6)31-33-48(9,10)42-52(36-27-21-17-22-28-36,37-29-23-18-24-30-37)43-49(11,12)34-32-47(7,8)41-51(15,39-45(3)4)35-25-19-16-20-26-35/h16-30,44-45H,31-34H2,1-15H3. The number of hydrogen-bond acceptors (Lipinski definition) is 6. The van der Waals surface area contributed by atoms with Crippen LogP contribution in [0.5, 0.6) is 0 Å². The summed E-state index contributed by atoms with van der Waals surface area (Å²) in [6.07, 6.45) is 0. The summed E-state index contributed by atoms with van der Waals surface area (Å²) >= 11 is 0. The van der Waals surface area contributed by atoms with Gasteiger partial charge in [0.25, 0.3) is 0 Å². The Labute approximate surface area is 328 Å². The molecule has 1 unspecified atom stereocenters. The fourth-order valence-electron chi connectivity index (χ4n) is 7.05. The summed E-state index contributed by atoms with van der Waals surface area (Å²) in [6.45, 7) is 34.7. The molecule has 1 atom stereocenters. The van der Waals surface area contributed by atoms with Crippen molar-refractivity contribution in [3.05, 3.63) is 91.0 Å².